The van der Waals surface area contributed by atoms with E-state index in [0.29, 0.717) is 13.0 Å². The van der Waals surface area contributed by atoms with Crippen LogP contribution in [0.1, 0.15) is 40.5 Å². The van der Waals surface area contributed by atoms with Gasteiger partial charge in [0.2, 0.25) is 5.91 Å². The fourth-order valence-corrected chi connectivity index (χ4v) is 1.86. The summed E-state index contributed by atoms with van der Waals surface area (Å²) in [5, 5.41) is 13.8. The standard InChI is InChI=1S/C12H21N3O4/c1-8(14-18)13-10(16)9-6-5-7-15(9)11(17)19-12(2,3)4/h9,18H,5-7H2,1-4H3,(H,13,14,16)/t9-/m0/s1. The first-order valence-corrected chi connectivity index (χ1v) is 6.24. The van der Waals surface area contributed by atoms with Gasteiger partial charge >= 0.3 is 6.09 Å². The summed E-state index contributed by atoms with van der Waals surface area (Å²) in [6, 6.07) is -0.577. The van der Waals surface area contributed by atoms with Crippen molar-refractivity contribution in [1.82, 2.24) is 10.2 Å². The van der Waals surface area contributed by atoms with E-state index in [0.717, 1.165) is 6.42 Å². The molecule has 0 unspecified atom stereocenters. The molecule has 0 aromatic heterocycles. The highest BCUT2D eigenvalue weighted by Gasteiger charge is 2.36. The van der Waals surface area contributed by atoms with Crippen LogP contribution in [-0.4, -0.2) is 46.1 Å². The van der Waals surface area contributed by atoms with E-state index in [9.17, 15) is 9.59 Å². The second kappa shape index (κ2) is 5.90. The third kappa shape index (κ3) is 4.42. The van der Waals surface area contributed by atoms with E-state index in [1.165, 1.54) is 11.8 Å². The lowest BCUT2D eigenvalue weighted by Gasteiger charge is -2.27. The SMILES string of the molecule is C/C(=N\O)NC(=O)[C@@H]1CCCN1C(=O)OC(C)(C)C. The molecule has 7 nitrogen and oxygen atoms in total. The zero-order valence-electron chi connectivity index (χ0n) is 11.8. The molecule has 0 aliphatic carbocycles. The third-order valence-electron chi connectivity index (χ3n) is 2.64. The van der Waals surface area contributed by atoms with Crippen LogP contribution in [0, 0.1) is 0 Å². The number of nitrogens with zero attached hydrogens (tertiary/aromatic N) is 2. The number of carbonyl (C=O) groups excluding carboxylic acids is 2. The summed E-state index contributed by atoms with van der Waals surface area (Å²) in [6.45, 7) is 7.28. The van der Waals surface area contributed by atoms with E-state index in [4.69, 9.17) is 9.94 Å². The number of nitrogens with one attached hydrogen (secondary N) is 1. The molecule has 0 radical (unpaired) electrons. The molecule has 1 aliphatic heterocycles. The first-order valence-electron chi connectivity index (χ1n) is 6.24. The number of ether oxygens (including phenoxy) is 1. The average molecular weight is 271 g/mol. The van der Waals surface area contributed by atoms with Crippen LogP contribution in [0.2, 0.25) is 0 Å². The van der Waals surface area contributed by atoms with Crippen LogP contribution in [0.15, 0.2) is 5.16 Å². The van der Waals surface area contributed by atoms with Crippen LogP contribution >= 0.6 is 0 Å². The smallest absolute Gasteiger partial charge is 0.410 e. The summed E-state index contributed by atoms with van der Waals surface area (Å²) in [5.74, 6) is -0.264. The quantitative estimate of drug-likeness (QED) is 0.325. The molecule has 2 N–H and O–H groups in total. The van der Waals surface area contributed by atoms with Gasteiger partial charge in [0.05, 0.1) is 0 Å². The highest BCUT2D eigenvalue weighted by atomic mass is 16.6. The van der Waals surface area contributed by atoms with Crippen molar-refractivity contribution in [2.45, 2.75) is 52.2 Å². The molecule has 1 rings (SSSR count). The topological polar surface area (TPSA) is 91.2 Å². The summed E-state index contributed by atoms with van der Waals surface area (Å²) in [5.41, 5.74) is -0.594. The number of rotatable bonds is 1. The highest BCUT2D eigenvalue weighted by Crippen LogP contribution is 2.20. The summed E-state index contributed by atoms with van der Waals surface area (Å²) < 4.78 is 5.26. The molecule has 1 saturated heterocycles. The van der Waals surface area contributed by atoms with Crippen molar-refractivity contribution >= 4 is 17.8 Å². The van der Waals surface area contributed by atoms with Gasteiger partial charge < -0.3 is 15.3 Å². The van der Waals surface area contributed by atoms with Crippen LogP contribution in [0.25, 0.3) is 0 Å². The van der Waals surface area contributed by atoms with Gasteiger partial charge in [-0.15, -0.1) is 0 Å². The summed E-state index contributed by atoms with van der Waals surface area (Å²) in [7, 11) is 0. The second-order valence-electron chi connectivity index (χ2n) is 5.51. The van der Waals surface area contributed by atoms with Gasteiger partial charge in [-0.3, -0.25) is 9.69 Å². The first kappa shape index (κ1) is 15.3. The van der Waals surface area contributed by atoms with E-state index >= 15 is 0 Å². The Morgan fingerprint density at radius 3 is 2.58 bits per heavy atom. The number of amides is 2. The van der Waals surface area contributed by atoms with Crippen LogP contribution in [0.3, 0.4) is 0 Å². The monoisotopic (exact) mass is 271 g/mol. The molecule has 2 amide bonds. The van der Waals surface area contributed by atoms with Crippen molar-refractivity contribution in [3.8, 4) is 0 Å². The maximum atomic E-state index is 12.0. The van der Waals surface area contributed by atoms with Gasteiger partial charge in [0.1, 0.15) is 17.5 Å². The summed E-state index contributed by atoms with van der Waals surface area (Å²) in [6.07, 6.45) is 0.819. The Morgan fingerprint density at radius 1 is 1.42 bits per heavy atom. The zero-order valence-corrected chi connectivity index (χ0v) is 11.8. The fraction of sp³-hybridized carbons (Fsp3) is 0.750. The lowest BCUT2D eigenvalue weighted by atomic mass is 10.2. The molecule has 0 spiro atoms. The Labute approximate surface area is 112 Å². The molecule has 0 aromatic rings. The Bertz CT molecular complexity index is 387. The Hall–Kier alpha value is -1.79. The minimum absolute atomic E-state index is 0.0982. The van der Waals surface area contributed by atoms with Crippen molar-refractivity contribution in [3.05, 3.63) is 0 Å². The Morgan fingerprint density at radius 2 is 2.05 bits per heavy atom. The minimum Gasteiger partial charge on any atom is -0.444 e. The largest absolute Gasteiger partial charge is 0.444 e. The van der Waals surface area contributed by atoms with E-state index in [-0.39, 0.29) is 11.7 Å². The minimum atomic E-state index is -0.594. The summed E-state index contributed by atoms with van der Waals surface area (Å²) in [4.78, 5) is 25.3. The van der Waals surface area contributed by atoms with Crippen molar-refractivity contribution in [1.29, 1.82) is 0 Å². The summed E-state index contributed by atoms with van der Waals surface area (Å²) >= 11 is 0. The fourth-order valence-electron chi connectivity index (χ4n) is 1.86. The molecule has 1 heterocycles. The number of amidine groups is 1. The number of carbonyl (C=O) groups is 2. The van der Waals surface area contributed by atoms with Gasteiger partial charge in [-0.25, -0.2) is 4.79 Å². The third-order valence-corrected chi connectivity index (χ3v) is 2.64. The molecule has 0 saturated carbocycles. The predicted octanol–water partition coefficient (Wildman–Crippen LogP) is 1.31. The molecule has 1 aliphatic rings. The van der Waals surface area contributed by atoms with Crippen molar-refractivity contribution in [3.63, 3.8) is 0 Å². The van der Waals surface area contributed by atoms with Crippen LogP contribution in [0.5, 0.6) is 0 Å². The maximum absolute atomic E-state index is 12.0. The number of hydrogen-bond donors (Lipinski definition) is 2. The maximum Gasteiger partial charge on any atom is 0.410 e. The van der Waals surface area contributed by atoms with Gasteiger partial charge in [0.25, 0.3) is 0 Å². The molecule has 0 bridgehead atoms. The van der Waals surface area contributed by atoms with Crippen molar-refractivity contribution < 1.29 is 19.5 Å². The van der Waals surface area contributed by atoms with E-state index in [2.05, 4.69) is 10.5 Å². The molecule has 1 fully saturated rings. The molecule has 108 valence electrons. The average Bonchev–Trinajstić information content (AvgIpc) is 2.75. The highest BCUT2D eigenvalue weighted by molar-refractivity contribution is 6.00. The first-order chi connectivity index (χ1) is 8.74. The van der Waals surface area contributed by atoms with E-state index in [1.54, 1.807) is 20.8 Å². The van der Waals surface area contributed by atoms with Crippen LogP contribution < -0.4 is 5.32 Å². The lowest BCUT2D eigenvalue weighted by molar-refractivity contribution is -0.124. The molecule has 7 heteroatoms. The van der Waals surface area contributed by atoms with Crippen LogP contribution in [0.4, 0.5) is 4.79 Å². The van der Waals surface area contributed by atoms with Crippen molar-refractivity contribution in [2.75, 3.05) is 6.54 Å². The van der Waals surface area contributed by atoms with E-state index < -0.39 is 17.7 Å². The van der Waals surface area contributed by atoms with Gasteiger partial charge in [0.15, 0.2) is 0 Å². The molecule has 19 heavy (non-hydrogen) atoms. The normalized spacial score (nSPS) is 20.3. The molecular weight excluding hydrogens is 250 g/mol. The second-order valence-corrected chi connectivity index (χ2v) is 5.51. The Kier molecular flexibility index (Phi) is 4.74. The molecular formula is C12H21N3O4. The predicted molar refractivity (Wildman–Crippen MR) is 69.0 cm³/mol. The van der Waals surface area contributed by atoms with Gasteiger partial charge in [-0.05, 0) is 40.5 Å². The van der Waals surface area contributed by atoms with Gasteiger partial charge in [-0.1, -0.05) is 5.16 Å². The number of likely N-dealkylation sites (tertiary alicyclic amines) is 1. The van der Waals surface area contributed by atoms with Crippen LogP contribution in [-0.2, 0) is 9.53 Å². The lowest BCUT2D eigenvalue weighted by Crippen LogP contribution is -2.48. The van der Waals surface area contributed by atoms with Gasteiger partial charge in [-0.2, -0.15) is 0 Å². The molecule has 0 aromatic carbocycles. The zero-order chi connectivity index (χ0) is 14.6. The molecule has 1 atom stereocenters. The van der Waals surface area contributed by atoms with E-state index in [1.807, 2.05) is 0 Å². The van der Waals surface area contributed by atoms with Crippen molar-refractivity contribution in [2.24, 2.45) is 5.16 Å². The number of oxime groups is 1. The Balaban J connectivity index is 2.68. The van der Waals surface area contributed by atoms with Gasteiger partial charge in [0, 0.05) is 6.54 Å². The number of hydrogen-bond acceptors (Lipinski definition) is 5.